The van der Waals surface area contributed by atoms with Crippen LogP contribution in [-0.2, 0) is 5.41 Å². The maximum atomic E-state index is 2.61. The van der Waals surface area contributed by atoms with Crippen molar-refractivity contribution in [2.75, 3.05) is 0 Å². The maximum absolute atomic E-state index is 2.61. The largest absolute Gasteiger partial charge is 0.0839 e. The van der Waals surface area contributed by atoms with Gasteiger partial charge in [0.25, 0.3) is 0 Å². The van der Waals surface area contributed by atoms with E-state index < -0.39 is 0 Å². The summed E-state index contributed by atoms with van der Waals surface area (Å²) in [6.45, 7) is 9.98. The molecule has 0 radical (unpaired) electrons. The van der Waals surface area contributed by atoms with Crippen molar-refractivity contribution in [1.29, 1.82) is 0 Å². The minimum atomic E-state index is 0.194. The molecule has 9 aliphatic carbocycles. The first kappa shape index (κ1) is 30.9. The van der Waals surface area contributed by atoms with Gasteiger partial charge in [-0.05, 0) is 183 Å². The van der Waals surface area contributed by atoms with Gasteiger partial charge in [0.2, 0.25) is 0 Å². The van der Waals surface area contributed by atoms with Gasteiger partial charge in [-0.15, -0.1) is 0 Å². The SMILES string of the molecule is CC1(C)c2ccccc2C2=CC=C(C3=CC4=C(C=C(C5=CC6=C(C=C(C7=CC=C8C9=CC=CCC9C(C)(C)C8C7)CC6)CC5)CC4)CC3)CC21. The minimum absolute atomic E-state index is 0.194. The van der Waals surface area contributed by atoms with Gasteiger partial charge in [0.15, 0.2) is 0 Å². The highest BCUT2D eigenvalue weighted by molar-refractivity contribution is 5.80. The zero-order valence-electron chi connectivity index (χ0n) is 30.7. The fourth-order valence-electron chi connectivity index (χ4n) is 11.6. The van der Waals surface area contributed by atoms with E-state index in [1.807, 2.05) is 0 Å². The lowest BCUT2D eigenvalue weighted by atomic mass is 9.69. The van der Waals surface area contributed by atoms with Crippen molar-refractivity contribution in [3.63, 3.8) is 0 Å². The molecule has 10 rings (SSSR count). The lowest BCUT2D eigenvalue weighted by Gasteiger charge is -2.35. The zero-order chi connectivity index (χ0) is 33.8. The molecule has 9 aliphatic rings. The van der Waals surface area contributed by atoms with Crippen LogP contribution in [0.15, 0.2) is 158 Å². The Morgan fingerprint density at radius 3 is 1.58 bits per heavy atom. The van der Waals surface area contributed by atoms with Crippen molar-refractivity contribution < 1.29 is 0 Å². The van der Waals surface area contributed by atoms with Crippen LogP contribution in [0.4, 0.5) is 0 Å². The van der Waals surface area contributed by atoms with E-state index in [2.05, 4.69) is 119 Å². The molecule has 1 aromatic rings. The summed E-state index contributed by atoms with van der Waals surface area (Å²) in [6, 6.07) is 9.12. The molecular weight excluding hydrogens is 601 g/mol. The summed E-state index contributed by atoms with van der Waals surface area (Å²) in [5.74, 6) is 1.91. The van der Waals surface area contributed by atoms with E-state index in [4.69, 9.17) is 0 Å². The Morgan fingerprint density at radius 2 is 0.980 bits per heavy atom. The number of fused-ring (bicyclic) bond motifs is 6. The van der Waals surface area contributed by atoms with Crippen LogP contribution in [0.25, 0.3) is 5.57 Å². The zero-order valence-corrected chi connectivity index (χ0v) is 30.7. The molecule has 3 unspecified atom stereocenters. The Kier molecular flexibility index (Phi) is 6.98. The van der Waals surface area contributed by atoms with Gasteiger partial charge >= 0.3 is 0 Å². The van der Waals surface area contributed by atoms with E-state index in [0.717, 1.165) is 0 Å². The third-order valence-corrected chi connectivity index (χ3v) is 14.7. The highest BCUT2D eigenvalue weighted by Gasteiger charge is 2.49. The predicted octanol–water partition coefficient (Wildman–Crippen LogP) is 13.2. The molecule has 1 aromatic carbocycles. The molecule has 3 atom stereocenters. The number of benzene rings is 1. The van der Waals surface area contributed by atoms with Crippen molar-refractivity contribution in [2.24, 2.45) is 23.2 Å². The molecule has 1 fully saturated rings. The molecule has 0 nitrogen and oxygen atoms in total. The smallest absolute Gasteiger partial charge is 0.00233 e. The Morgan fingerprint density at radius 1 is 0.480 bits per heavy atom. The van der Waals surface area contributed by atoms with Crippen LogP contribution in [0.1, 0.15) is 109 Å². The standard InChI is InChI=1S/C50H52/c1-49(2)45-11-7-5-9-41(45)43-23-21-39(29-47(43)49)37-19-17-33-25-31(13-15-35(33)27-37)32-14-16-36-28-38(20-18-34(36)26-32)40-22-24-44-42-10-6-8-12-46(42)50(3,4)48(44)30-40/h5-11,21-28,46-48H,12-20,29-30H2,1-4H3. The quantitative estimate of drug-likeness (QED) is 0.305. The van der Waals surface area contributed by atoms with Crippen LogP contribution in [0.3, 0.4) is 0 Å². The van der Waals surface area contributed by atoms with E-state index in [1.165, 1.54) is 81.8 Å². The van der Waals surface area contributed by atoms with Gasteiger partial charge in [-0.1, -0.05) is 119 Å². The number of rotatable bonds is 3. The summed E-state index contributed by atoms with van der Waals surface area (Å²) in [6.07, 6.45) is 40.5. The molecule has 0 bridgehead atoms. The molecule has 50 heavy (non-hydrogen) atoms. The molecule has 252 valence electrons. The monoisotopic (exact) mass is 652 g/mol. The van der Waals surface area contributed by atoms with E-state index in [9.17, 15) is 0 Å². The van der Waals surface area contributed by atoms with Crippen LogP contribution in [0.5, 0.6) is 0 Å². The van der Waals surface area contributed by atoms with Crippen LogP contribution < -0.4 is 0 Å². The summed E-state index contributed by atoms with van der Waals surface area (Å²) in [5, 5.41) is 0. The Hall–Kier alpha value is -3.90. The molecule has 0 spiro atoms. The topological polar surface area (TPSA) is 0 Å². The number of allylic oxidation sites excluding steroid dienone is 24. The Balaban J connectivity index is 0.870. The van der Waals surface area contributed by atoms with Crippen molar-refractivity contribution in [2.45, 2.75) is 104 Å². The predicted molar refractivity (Wildman–Crippen MR) is 210 cm³/mol. The van der Waals surface area contributed by atoms with Gasteiger partial charge in [-0.2, -0.15) is 0 Å². The third-order valence-electron chi connectivity index (χ3n) is 14.7. The van der Waals surface area contributed by atoms with Gasteiger partial charge in [-0.25, -0.2) is 0 Å². The van der Waals surface area contributed by atoms with E-state index in [1.54, 1.807) is 72.5 Å². The van der Waals surface area contributed by atoms with Crippen LogP contribution in [-0.4, -0.2) is 0 Å². The molecule has 0 N–H and O–H groups in total. The maximum Gasteiger partial charge on any atom is -0.00233 e. The van der Waals surface area contributed by atoms with Gasteiger partial charge in [-0.3, -0.25) is 0 Å². The number of hydrogen-bond donors (Lipinski definition) is 0. The lowest BCUT2D eigenvalue weighted by molar-refractivity contribution is 0.206. The second kappa shape index (κ2) is 11.3. The van der Waals surface area contributed by atoms with Gasteiger partial charge in [0.1, 0.15) is 0 Å². The summed E-state index contributed by atoms with van der Waals surface area (Å²) in [7, 11) is 0. The summed E-state index contributed by atoms with van der Waals surface area (Å²) in [5.41, 5.74) is 24.4. The second-order valence-electron chi connectivity index (χ2n) is 17.8. The Labute approximate surface area is 300 Å². The normalized spacial score (nSPS) is 30.1. The average Bonchev–Trinajstić information content (AvgIpc) is 3.53. The fraction of sp³-hybridized carbons (Fsp3) is 0.400. The second-order valence-corrected chi connectivity index (χ2v) is 17.8. The van der Waals surface area contributed by atoms with Crippen LogP contribution in [0, 0.1) is 23.2 Å². The molecule has 0 heteroatoms. The molecule has 0 amide bonds. The minimum Gasteiger partial charge on any atom is -0.0839 e. The van der Waals surface area contributed by atoms with E-state index in [0.29, 0.717) is 23.2 Å². The van der Waals surface area contributed by atoms with Crippen molar-refractivity contribution in [3.8, 4) is 0 Å². The highest BCUT2D eigenvalue weighted by Crippen LogP contribution is 2.60. The van der Waals surface area contributed by atoms with Crippen LogP contribution >= 0.6 is 0 Å². The van der Waals surface area contributed by atoms with Gasteiger partial charge in [0, 0.05) is 0 Å². The van der Waals surface area contributed by atoms with Crippen molar-refractivity contribution >= 4 is 5.57 Å². The van der Waals surface area contributed by atoms with Gasteiger partial charge < -0.3 is 0 Å². The first-order valence-electron chi connectivity index (χ1n) is 19.8. The Bertz CT molecular complexity index is 2120. The molecular formula is C50H52. The lowest BCUT2D eigenvalue weighted by Crippen LogP contribution is -2.27. The van der Waals surface area contributed by atoms with E-state index >= 15 is 0 Å². The van der Waals surface area contributed by atoms with Crippen molar-refractivity contribution in [3.05, 3.63) is 169 Å². The molecule has 0 heterocycles. The summed E-state index contributed by atoms with van der Waals surface area (Å²) >= 11 is 0. The number of hydrogen-bond acceptors (Lipinski definition) is 0. The fourth-order valence-corrected chi connectivity index (χ4v) is 11.6. The molecule has 1 saturated carbocycles. The first-order valence-corrected chi connectivity index (χ1v) is 19.8. The van der Waals surface area contributed by atoms with Crippen molar-refractivity contribution in [1.82, 2.24) is 0 Å². The van der Waals surface area contributed by atoms with E-state index in [-0.39, 0.29) is 5.41 Å². The summed E-state index contributed by atoms with van der Waals surface area (Å²) < 4.78 is 0. The highest BCUT2D eigenvalue weighted by atomic mass is 14.5. The third kappa shape index (κ3) is 4.69. The van der Waals surface area contributed by atoms with Gasteiger partial charge in [0.05, 0.1) is 0 Å². The molecule has 0 aromatic heterocycles. The summed E-state index contributed by atoms with van der Waals surface area (Å²) in [4.78, 5) is 0. The average molecular weight is 653 g/mol. The molecule has 0 aliphatic heterocycles. The first-order chi connectivity index (χ1) is 24.3. The molecule has 0 saturated heterocycles. The van der Waals surface area contributed by atoms with Crippen LogP contribution in [0.2, 0.25) is 0 Å².